The highest BCUT2D eigenvalue weighted by Gasteiger charge is 2.67. The first-order valence-electron chi connectivity index (χ1n) is 19.6. The van der Waals surface area contributed by atoms with E-state index in [0.29, 0.717) is 22.9 Å². The van der Waals surface area contributed by atoms with Gasteiger partial charge in [0.05, 0.1) is 0 Å². The van der Waals surface area contributed by atoms with Crippen LogP contribution >= 0.6 is 0 Å². The van der Waals surface area contributed by atoms with E-state index in [4.69, 9.17) is 15.0 Å². The van der Waals surface area contributed by atoms with Crippen LogP contribution in [0.3, 0.4) is 0 Å². The van der Waals surface area contributed by atoms with Gasteiger partial charge in [-0.15, -0.1) is 0 Å². The second-order valence-electron chi connectivity index (χ2n) is 16.9. The minimum absolute atomic E-state index is 0.395. The lowest BCUT2D eigenvalue weighted by atomic mass is 9.32. The number of aromatic nitrogens is 3. The molecule has 0 N–H and O–H groups in total. The molecule has 7 saturated carbocycles. The fourth-order valence-electron chi connectivity index (χ4n) is 12.9. The Bertz CT molecular complexity index is 2350. The lowest BCUT2D eigenvalue weighted by Gasteiger charge is -2.72. The van der Waals surface area contributed by atoms with Crippen molar-refractivity contribution in [3.05, 3.63) is 139 Å². The summed E-state index contributed by atoms with van der Waals surface area (Å²) < 4.78 is 0. The van der Waals surface area contributed by atoms with Crippen LogP contribution in [0.5, 0.6) is 0 Å². The molecule has 0 saturated heterocycles. The summed E-state index contributed by atoms with van der Waals surface area (Å²) in [4.78, 5) is 15.4. The fraction of sp³-hybridized carbons (Fsp3) is 0.286. The van der Waals surface area contributed by atoms with Gasteiger partial charge in [0.25, 0.3) is 0 Å². The van der Waals surface area contributed by atoms with E-state index in [0.717, 1.165) is 68.9 Å². The van der Waals surface area contributed by atoms with E-state index in [1.165, 1.54) is 41.2 Å². The van der Waals surface area contributed by atoms with Crippen molar-refractivity contribution in [3.63, 3.8) is 0 Å². The van der Waals surface area contributed by atoms with Crippen molar-refractivity contribution in [2.24, 2.45) is 41.4 Å². The fourth-order valence-corrected chi connectivity index (χ4v) is 12.9. The molecule has 52 heavy (non-hydrogen) atoms. The first kappa shape index (κ1) is 29.4. The van der Waals surface area contributed by atoms with Gasteiger partial charge in [-0.05, 0) is 124 Å². The summed E-state index contributed by atoms with van der Waals surface area (Å²) in [5.41, 5.74) is 7.61. The molecule has 252 valence electrons. The van der Waals surface area contributed by atoms with Crippen LogP contribution in [0, 0.1) is 41.4 Å². The van der Waals surface area contributed by atoms with Gasteiger partial charge in [0.2, 0.25) is 0 Å². The molecule has 1 heterocycles. The zero-order valence-corrected chi connectivity index (χ0v) is 29.3. The maximum atomic E-state index is 5.21. The van der Waals surface area contributed by atoms with E-state index in [9.17, 15) is 0 Å². The van der Waals surface area contributed by atoms with Crippen molar-refractivity contribution in [1.82, 2.24) is 15.0 Å². The van der Waals surface area contributed by atoms with E-state index in [-0.39, 0.29) is 0 Å². The Morgan fingerprint density at radius 2 is 0.769 bits per heavy atom. The molecule has 0 radical (unpaired) electrons. The van der Waals surface area contributed by atoms with Crippen LogP contribution in [-0.2, 0) is 5.41 Å². The highest BCUT2D eigenvalue weighted by molar-refractivity contribution is 6.20. The van der Waals surface area contributed by atoms with Gasteiger partial charge in [-0.1, -0.05) is 133 Å². The molecule has 1 aromatic heterocycles. The number of hydrogen-bond acceptors (Lipinski definition) is 3. The molecule has 7 aliphatic carbocycles. The van der Waals surface area contributed by atoms with E-state index < -0.39 is 0 Å². The average Bonchev–Trinajstić information content (AvgIpc) is 3.22. The molecule has 3 heteroatoms. The molecule has 14 rings (SSSR count). The first-order chi connectivity index (χ1) is 25.7. The quantitative estimate of drug-likeness (QED) is 0.171. The molecule has 0 amide bonds. The second-order valence-corrected chi connectivity index (χ2v) is 16.9. The summed E-state index contributed by atoms with van der Waals surface area (Å²) >= 11 is 0. The lowest BCUT2D eigenvalue weighted by Crippen LogP contribution is -2.66. The number of fused-ring (bicyclic) bond motifs is 2. The predicted molar refractivity (Wildman–Crippen MR) is 210 cm³/mol. The molecular formula is C49H41N3. The monoisotopic (exact) mass is 671 g/mol. The summed E-state index contributed by atoms with van der Waals surface area (Å²) in [6, 6.07) is 48.2. The molecular weight excluding hydrogens is 631 g/mol. The minimum atomic E-state index is 0.395. The SMILES string of the molecule is c1ccc(-c2nc(-c3ccccc3)nc(-c3c4ccccc4c(-c4ccc(C56CC7C8CC9CC7C(C5)C(C9)C8C6)cc4)c4ccccc34)n2)cc1. The summed E-state index contributed by atoms with van der Waals surface area (Å²) in [6.45, 7) is 0. The summed E-state index contributed by atoms with van der Waals surface area (Å²) in [6.07, 6.45) is 8.97. The lowest BCUT2D eigenvalue weighted by molar-refractivity contribution is -0.212. The number of nitrogens with zero attached hydrogens (tertiary/aromatic N) is 3. The van der Waals surface area contributed by atoms with Gasteiger partial charge >= 0.3 is 0 Å². The Morgan fingerprint density at radius 1 is 0.365 bits per heavy atom. The van der Waals surface area contributed by atoms with E-state index in [1.54, 1.807) is 24.8 Å². The molecule has 7 aromatic rings. The zero-order chi connectivity index (χ0) is 34.0. The van der Waals surface area contributed by atoms with Gasteiger partial charge in [0.1, 0.15) is 0 Å². The van der Waals surface area contributed by atoms with Crippen molar-refractivity contribution in [1.29, 1.82) is 0 Å². The summed E-state index contributed by atoms with van der Waals surface area (Å²) in [7, 11) is 0. The molecule has 8 bridgehead atoms. The minimum Gasteiger partial charge on any atom is -0.208 e. The number of rotatable bonds is 5. The van der Waals surface area contributed by atoms with Crippen molar-refractivity contribution >= 4 is 21.5 Å². The maximum Gasteiger partial charge on any atom is 0.165 e. The molecule has 7 fully saturated rings. The van der Waals surface area contributed by atoms with Crippen LogP contribution in [0.2, 0.25) is 0 Å². The Hall–Kier alpha value is -5.15. The van der Waals surface area contributed by atoms with Crippen LogP contribution in [-0.4, -0.2) is 15.0 Å². The average molecular weight is 672 g/mol. The molecule has 0 unspecified atom stereocenters. The second kappa shape index (κ2) is 10.9. The Morgan fingerprint density at radius 3 is 1.23 bits per heavy atom. The Balaban J connectivity index is 1.01. The highest BCUT2D eigenvalue weighted by Crippen LogP contribution is 2.74. The Kier molecular flexibility index (Phi) is 6.19. The first-order valence-corrected chi connectivity index (χ1v) is 19.6. The summed E-state index contributed by atoms with van der Waals surface area (Å²) in [5, 5.41) is 4.79. The van der Waals surface area contributed by atoms with Crippen LogP contribution in [0.1, 0.15) is 44.1 Å². The number of hydrogen-bond donors (Lipinski definition) is 0. The highest BCUT2D eigenvalue weighted by atomic mass is 15.0. The van der Waals surface area contributed by atoms with Crippen LogP contribution < -0.4 is 0 Å². The van der Waals surface area contributed by atoms with E-state index in [1.807, 2.05) is 36.4 Å². The third-order valence-electron chi connectivity index (χ3n) is 14.6. The standard InChI is InChI=1S/C49H41N3/c1-3-11-31(12-4-1)46-50-47(32-13-5-2-6-14-32)52-48(51-46)45-36-17-9-7-15-34(36)44(35-16-8-10-18-37(35)45)30-19-21-33(22-20-30)49-26-41-38-23-29-24-39(41)43(28-49)40(25-29)42(38)27-49/h1-22,29,38-43H,23-28H2. The normalized spacial score (nSPS) is 29.3. The molecule has 0 spiro atoms. The van der Waals surface area contributed by atoms with Crippen molar-refractivity contribution in [2.45, 2.75) is 43.9 Å². The van der Waals surface area contributed by atoms with Gasteiger partial charge in [-0.3, -0.25) is 0 Å². The predicted octanol–water partition coefficient (Wildman–Crippen LogP) is 11.8. The molecule has 3 nitrogen and oxygen atoms in total. The maximum absolute atomic E-state index is 5.21. The van der Waals surface area contributed by atoms with Gasteiger partial charge in [0.15, 0.2) is 17.5 Å². The van der Waals surface area contributed by atoms with E-state index >= 15 is 0 Å². The third-order valence-corrected chi connectivity index (χ3v) is 14.6. The van der Waals surface area contributed by atoms with Crippen LogP contribution in [0.25, 0.3) is 66.8 Å². The van der Waals surface area contributed by atoms with Crippen molar-refractivity contribution < 1.29 is 0 Å². The van der Waals surface area contributed by atoms with Gasteiger partial charge in [0, 0.05) is 16.7 Å². The van der Waals surface area contributed by atoms with Crippen molar-refractivity contribution in [2.75, 3.05) is 0 Å². The molecule has 6 aromatic carbocycles. The van der Waals surface area contributed by atoms with Crippen LogP contribution in [0.15, 0.2) is 133 Å². The molecule has 7 aliphatic rings. The zero-order valence-electron chi connectivity index (χ0n) is 29.3. The largest absolute Gasteiger partial charge is 0.208 e. The van der Waals surface area contributed by atoms with Gasteiger partial charge < -0.3 is 0 Å². The van der Waals surface area contributed by atoms with Crippen molar-refractivity contribution in [3.8, 4) is 45.3 Å². The van der Waals surface area contributed by atoms with Gasteiger partial charge in [-0.25, -0.2) is 15.0 Å². The van der Waals surface area contributed by atoms with Crippen LogP contribution in [0.4, 0.5) is 0 Å². The molecule has 0 atom stereocenters. The van der Waals surface area contributed by atoms with E-state index in [2.05, 4.69) is 97.1 Å². The smallest absolute Gasteiger partial charge is 0.165 e. The Labute approximate surface area is 305 Å². The topological polar surface area (TPSA) is 38.7 Å². The summed E-state index contributed by atoms with van der Waals surface area (Å²) in [5.74, 6) is 9.23. The number of benzene rings is 6. The molecule has 0 aliphatic heterocycles. The third kappa shape index (κ3) is 4.17. The van der Waals surface area contributed by atoms with Gasteiger partial charge in [-0.2, -0.15) is 0 Å².